The van der Waals surface area contributed by atoms with Crippen LogP contribution in [-0.4, -0.2) is 12.6 Å². The van der Waals surface area contributed by atoms with E-state index in [1.165, 1.54) is 7.11 Å². The molecule has 2 nitrogen and oxygen atoms in total. The third-order valence-electron chi connectivity index (χ3n) is 3.13. The molecule has 0 unspecified atom stereocenters. The van der Waals surface area contributed by atoms with Gasteiger partial charge in [-0.1, -0.05) is 17.7 Å². The first-order valence-corrected chi connectivity index (χ1v) is 5.73. The molecule has 0 aromatic heterocycles. The summed E-state index contributed by atoms with van der Waals surface area (Å²) in [5, 5.41) is 0.0573. The van der Waals surface area contributed by atoms with E-state index < -0.39 is 0 Å². The lowest BCUT2D eigenvalue weighted by Gasteiger charge is -2.11. The first kappa shape index (κ1) is 11.7. The third-order valence-corrected chi connectivity index (χ3v) is 3.48. The molecular formula is C12H15ClFNO. The molecule has 0 spiro atoms. The maximum atomic E-state index is 13.8. The lowest BCUT2D eigenvalue weighted by Crippen LogP contribution is -2.22. The van der Waals surface area contributed by atoms with E-state index in [9.17, 15) is 4.39 Å². The van der Waals surface area contributed by atoms with Crippen molar-refractivity contribution in [3.05, 3.63) is 28.5 Å². The van der Waals surface area contributed by atoms with E-state index in [0.717, 1.165) is 19.3 Å². The predicted molar refractivity (Wildman–Crippen MR) is 62.4 cm³/mol. The second kappa shape index (κ2) is 4.22. The Kier molecular flexibility index (Phi) is 3.08. The highest BCUT2D eigenvalue weighted by molar-refractivity contribution is 6.32. The Morgan fingerprint density at radius 1 is 1.50 bits per heavy atom. The van der Waals surface area contributed by atoms with Crippen molar-refractivity contribution < 1.29 is 9.13 Å². The van der Waals surface area contributed by atoms with Crippen LogP contribution >= 0.6 is 11.6 Å². The van der Waals surface area contributed by atoms with Crippen LogP contribution in [0.5, 0.6) is 5.75 Å². The summed E-state index contributed by atoms with van der Waals surface area (Å²) in [6.45, 7) is 0. The van der Waals surface area contributed by atoms with Gasteiger partial charge in [-0.25, -0.2) is 4.39 Å². The molecule has 0 radical (unpaired) electrons. The maximum Gasteiger partial charge on any atom is 0.148 e. The van der Waals surface area contributed by atoms with E-state index >= 15 is 0 Å². The van der Waals surface area contributed by atoms with Gasteiger partial charge in [0.15, 0.2) is 0 Å². The summed E-state index contributed by atoms with van der Waals surface area (Å²) in [6.07, 6.45) is 3.52. The summed E-state index contributed by atoms with van der Waals surface area (Å²) in [4.78, 5) is 0. The van der Waals surface area contributed by atoms with Crippen LogP contribution in [0.15, 0.2) is 12.1 Å². The predicted octanol–water partition coefficient (Wildman–Crippen LogP) is 2.91. The van der Waals surface area contributed by atoms with Crippen molar-refractivity contribution in [2.45, 2.75) is 31.2 Å². The van der Waals surface area contributed by atoms with Gasteiger partial charge in [-0.15, -0.1) is 0 Å². The molecule has 0 amide bonds. The topological polar surface area (TPSA) is 35.2 Å². The zero-order chi connectivity index (χ0) is 11.8. The van der Waals surface area contributed by atoms with Crippen LogP contribution in [0.2, 0.25) is 5.02 Å². The molecule has 1 aromatic carbocycles. The number of hydrogen-bond acceptors (Lipinski definition) is 2. The van der Waals surface area contributed by atoms with Crippen molar-refractivity contribution in [1.82, 2.24) is 0 Å². The normalized spacial score (nSPS) is 17.2. The van der Waals surface area contributed by atoms with E-state index in [1.807, 2.05) is 0 Å². The number of rotatable bonds is 4. The summed E-state index contributed by atoms with van der Waals surface area (Å²) in [5.74, 6) is -0.0120. The minimum Gasteiger partial charge on any atom is -0.495 e. The molecule has 4 heteroatoms. The van der Waals surface area contributed by atoms with Gasteiger partial charge >= 0.3 is 0 Å². The van der Waals surface area contributed by atoms with Crippen molar-refractivity contribution in [3.8, 4) is 5.75 Å². The number of hydrogen-bond donors (Lipinski definition) is 1. The van der Waals surface area contributed by atoms with Crippen LogP contribution in [0.3, 0.4) is 0 Å². The second-order valence-corrected chi connectivity index (χ2v) is 4.80. The Labute approximate surface area is 99.5 Å². The molecule has 1 aliphatic carbocycles. The minimum absolute atomic E-state index is 0.0567. The highest BCUT2D eigenvalue weighted by Crippen LogP contribution is 2.37. The Hall–Kier alpha value is -0.800. The highest BCUT2D eigenvalue weighted by atomic mass is 35.5. The average Bonchev–Trinajstić information content (AvgIpc) is 2.99. The Bertz CT molecular complexity index is 404. The van der Waals surface area contributed by atoms with E-state index in [2.05, 4.69) is 0 Å². The standard InChI is InChI=1S/C12H15ClFNO/c1-16-9-3-2-8(11(14)10(9)13)4-5-12(15)6-7-12/h2-3H,4-7,15H2,1H3. The molecule has 1 aromatic rings. The van der Waals surface area contributed by atoms with Gasteiger partial charge in [0.1, 0.15) is 16.6 Å². The molecule has 0 heterocycles. The van der Waals surface area contributed by atoms with Crippen molar-refractivity contribution in [1.29, 1.82) is 0 Å². The monoisotopic (exact) mass is 243 g/mol. The van der Waals surface area contributed by atoms with Gasteiger partial charge in [0.2, 0.25) is 0 Å². The molecule has 16 heavy (non-hydrogen) atoms. The van der Waals surface area contributed by atoms with Gasteiger partial charge in [-0.3, -0.25) is 0 Å². The zero-order valence-corrected chi connectivity index (χ0v) is 9.98. The lowest BCUT2D eigenvalue weighted by molar-refractivity contribution is 0.411. The van der Waals surface area contributed by atoms with Crippen LogP contribution in [0, 0.1) is 5.82 Å². The third kappa shape index (κ3) is 2.30. The SMILES string of the molecule is COc1ccc(CCC2(N)CC2)c(F)c1Cl. The van der Waals surface area contributed by atoms with Gasteiger partial charge < -0.3 is 10.5 Å². The minimum atomic E-state index is -0.384. The zero-order valence-electron chi connectivity index (χ0n) is 9.22. The molecule has 88 valence electrons. The molecule has 0 aliphatic heterocycles. The second-order valence-electron chi connectivity index (χ2n) is 4.42. The van der Waals surface area contributed by atoms with Crippen LogP contribution in [0.25, 0.3) is 0 Å². The number of methoxy groups -OCH3 is 1. The van der Waals surface area contributed by atoms with Gasteiger partial charge in [0.25, 0.3) is 0 Å². The summed E-state index contributed by atoms with van der Waals surface area (Å²) >= 11 is 5.83. The summed E-state index contributed by atoms with van der Waals surface area (Å²) in [6, 6.07) is 3.41. The number of aryl methyl sites for hydroxylation is 1. The van der Waals surface area contributed by atoms with Crippen LogP contribution in [0.1, 0.15) is 24.8 Å². The summed E-state index contributed by atoms with van der Waals surface area (Å²) in [7, 11) is 1.47. The lowest BCUT2D eigenvalue weighted by atomic mass is 10.0. The van der Waals surface area contributed by atoms with E-state index in [0.29, 0.717) is 17.7 Å². The smallest absolute Gasteiger partial charge is 0.148 e. The van der Waals surface area contributed by atoms with Crippen molar-refractivity contribution in [2.75, 3.05) is 7.11 Å². The van der Waals surface area contributed by atoms with Gasteiger partial charge in [-0.05, 0) is 37.3 Å². The first-order chi connectivity index (χ1) is 7.56. The fourth-order valence-corrected chi connectivity index (χ4v) is 1.98. The van der Waals surface area contributed by atoms with Crippen LogP contribution in [0.4, 0.5) is 4.39 Å². The summed E-state index contributed by atoms with van der Waals surface area (Å²) in [5.41, 5.74) is 6.52. The molecular weight excluding hydrogens is 229 g/mol. The Morgan fingerprint density at radius 3 is 2.75 bits per heavy atom. The highest BCUT2D eigenvalue weighted by Gasteiger charge is 2.37. The molecule has 1 aliphatic rings. The summed E-state index contributed by atoms with van der Waals surface area (Å²) < 4.78 is 18.7. The molecule has 0 atom stereocenters. The number of halogens is 2. The molecule has 2 rings (SSSR count). The maximum absolute atomic E-state index is 13.8. The van der Waals surface area contributed by atoms with Crippen molar-refractivity contribution in [3.63, 3.8) is 0 Å². The molecule has 2 N–H and O–H groups in total. The van der Waals surface area contributed by atoms with E-state index in [4.69, 9.17) is 22.1 Å². The van der Waals surface area contributed by atoms with Crippen molar-refractivity contribution in [2.24, 2.45) is 5.73 Å². The Morgan fingerprint density at radius 2 is 2.19 bits per heavy atom. The van der Waals surface area contributed by atoms with Crippen LogP contribution in [-0.2, 0) is 6.42 Å². The first-order valence-electron chi connectivity index (χ1n) is 5.35. The Balaban J connectivity index is 2.12. The molecule has 0 bridgehead atoms. The largest absolute Gasteiger partial charge is 0.495 e. The molecule has 1 saturated carbocycles. The average molecular weight is 244 g/mol. The number of nitrogens with two attached hydrogens (primary N) is 1. The van der Waals surface area contributed by atoms with Gasteiger partial charge in [0, 0.05) is 5.54 Å². The van der Waals surface area contributed by atoms with E-state index in [-0.39, 0.29) is 16.4 Å². The quantitative estimate of drug-likeness (QED) is 0.883. The number of benzene rings is 1. The van der Waals surface area contributed by atoms with Gasteiger partial charge in [0.05, 0.1) is 7.11 Å². The van der Waals surface area contributed by atoms with Gasteiger partial charge in [-0.2, -0.15) is 0 Å². The van der Waals surface area contributed by atoms with Crippen LogP contribution < -0.4 is 10.5 Å². The molecule has 1 fully saturated rings. The van der Waals surface area contributed by atoms with Crippen molar-refractivity contribution >= 4 is 11.6 Å². The molecule has 0 saturated heterocycles. The fourth-order valence-electron chi connectivity index (χ4n) is 1.72. The van der Waals surface area contributed by atoms with E-state index in [1.54, 1.807) is 12.1 Å². The number of ether oxygens (including phenoxy) is 1. The fraction of sp³-hybridized carbons (Fsp3) is 0.500.